The lowest BCUT2D eigenvalue weighted by Gasteiger charge is -2.22. The van der Waals surface area contributed by atoms with Crippen LogP contribution in [0.3, 0.4) is 0 Å². The molecule has 0 aliphatic carbocycles. The Hall–Kier alpha value is -2.37. The number of rotatable bonds is 6. The highest BCUT2D eigenvalue weighted by atomic mass is 35.5. The molecule has 5 nitrogen and oxygen atoms in total. The number of benzene rings is 2. The third-order valence-electron chi connectivity index (χ3n) is 5.12. The summed E-state index contributed by atoms with van der Waals surface area (Å²) < 4.78 is 0. The molecule has 1 fully saturated rings. The molecule has 0 bridgehead atoms. The lowest BCUT2D eigenvalue weighted by atomic mass is 9.93. The van der Waals surface area contributed by atoms with E-state index in [2.05, 4.69) is 16.0 Å². The third-order valence-corrected chi connectivity index (χ3v) is 5.12. The van der Waals surface area contributed by atoms with Gasteiger partial charge < -0.3 is 16.0 Å². The van der Waals surface area contributed by atoms with Crippen LogP contribution in [-0.4, -0.2) is 24.9 Å². The third kappa shape index (κ3) is 6.08. The zero-order valence-electron chi connectivity index (χ0n) is 16.2. The van der Waals surface area contributed by atoms with Gasteiger partial charge >= 0.3 is 0 Å². The Morgan fingerprint density at radius 1 is 1.00 bits per heavy atom. The quantitative estimate of drug-likeness (QED) is 0.672. The number of amides is 2. The van der Waals surface area contributed by atoms with Crippen LogP contribution in [0.4, 0.5) is 11.4 Å². The van der Waals surface area contributed by atoms with Crippen LogP contribution in [0.5, 0.6) is 0 Å². The number of hydrogen-bond donors (Lipinski definition) is 3. The van der Waals surface area contributed by atoms with Crippen molar-refractivity contribution in [1.82, 2.24) is 5.32 Å². The molecule has 2 aromatic rings. The normalized spacial score (nSPS) is 14.0. The molecule has 150 valence electrons. The molecular formula is C22H28ClN3O2. The Morgan fingerprint density at radius 2 is 1.71 bits per heavy atom. The molecule has 0 saturated carbocycles. The first kappa shape index (κ1) is 21.9. The highest BCUT2D eigenvalue weighted by Gasteiger charge is 2.16. The summed E-state index contributed by atoms with van der Waals surface area (Å²) >= 11 is 0. The van der Waals surface area contributed by atoms with Crippen molar-refractivity contribution >= 4 is 35.6 Å². The van der Waals surface area contributed by atoms with Gasteiger partial charge in [-0.15, -0.1) is 12.4 Å². The van der Waals surface area contributed by atoms with E-state index in [1.807, 2.05) is 43.3 Å². The van der Waals surface area contributed by atoms with Crippen molar-refractivity contribution in [3.8, 4) is 0 Å². The number of hydrogen-bond acceptors (Lipinski definition) is 3. The topological polar surface area (TPSA) is 70.2 Å². The van der Waals surface area contributed by atoms with Gasteiger partial charge in [-0.1, -0.05) is 24.3 Å². The van der Waals surface area contributed by atoms with E-state index >= 15 is 0 Å². The standard InChI is InChI=1S/C22H27N3O2.ClH/c1-16-19(22(27)24-18-6-3-2-4-7-18)8-5-9-20(16)25-21(26)11-10-17-12-14-23-15-13-17;/h2-9,17,23H,10-15H2,1H3,(H,24,27)(H,25,26);1H. The van der Waals surface area contributed by atoms with E-state index in [0.717, 1.165) is 43.6 Å². The number of halogens is 1. The van der Waals surface area contributed by atoms with Gasteiger partial charge in [-0.2, -0.15) is 0 Å². The molecule has 0 aromatic heterocycles. The molecule has 0 unspecified atom stereocenters. The first-order valence-corrected chi connectivity index (χ1v) is 9.60. The zero-order chi connectivity index (χ0) is 19.1. The fourth-order valence-corrected chi connectivity index (χ4v) is 3.46. The molecule has 0 spiro atoms. The van der Waals surface area contributed by atoms with Crippen LogP contribution in [0.2, 0.25) is 0 Å². The minimum atomic E-state index is -0.176. The van der Waals surface area contributed by atoms with Crippen LogP contribution in [0.1, 0.15) is 41.6 Å². The molecule has 2 amide bonds. The molecule has 1 aliphatic rings. The predicted octanol–water partition coefficient (Wildman–Crippen LogP) is 4.39. The van der Waals surface area contributed by atoms with Gasteiger partial charge in [0.25, 0.3) is 5.91 Å². The van der Waals surface area contributed by atoms with Crippen LogP contribution in [0, 0.1) is 12.8 Å². The highest BCUT2D eigenvalue weighted by Crippen LogP contribution is 2.22. The maximum absolute atomic E-state index is 12.6. The monoisotopic (exact) mass is 401 g/mol. The second kappa shape index (κ2) is 10.8. The average molecular weight is 402 g/mol. The molecule has 3 rings (SSSR count). The summed E-state index contributed by atoms with van der Waals surface area (Å²) in [5.74, 6) is 0.461. The van der Waals surface area contributed by atoms with E-state index in [9.17, 15) is 9.59 Å². The number of para-hydroxylation sites is 1. The molecule has 3 N–H and O–H groups in total. The first-order chi connectivity index (χ1) is 13.1. The average Bonchev–Trinajstić information content (AvgIpc) is 2.69. The summed E-state index contributed by atoms with van der Waals surface area (Å²) in [4.78, 5) is 24.9. The van der Waals surface area contributed by atoms with Crippen LogP contribution in [0.15, 0.2) is 48.5 Å². The number of carbonyl (C=O) groups is 2. The van der Waals surface area contributed by atoms with Crippen molar-refractivity contribution in [2.45, 2.75) is 32.6 Å². The largest absolute Gasteiger partial charge is 0.326 e. The summed E-state index contributed by atoms with van der Waals surface area (Å²) in [6.45, 7) is 3.95. The minimum Gasteiger partial charge on any atom is -0.326 e. The van der Waals surface area contributed by atoms with Crippen molar-refractivity contribution in [3.05, 3.63) is 59.7 Å². The maximum Gasteiger partial charge on any atom is 0.256 e. The fraction of sp³-hybridized carbons (Fsp3) is 0.364. The van der Waals surface area contributed by atoms with E-state index in [1.165, 1.54) is 0 Å². The first-order valence-electron chi connectivity index (χ1n) is 9.60. The second-order valence-corrected chi connectivity index (χ2v) is 7.08. The predicted molar refractivity (Wildman–Crippen MR) is 116 cm³/mol. The van der Waals surface area contributed by atoms with Gasteiger partial charge in [0.1, 0.15) is 0 Å². The Labute approximate surface area is 172 Å². The summed E-state index contributed by atoms with van der Waals surface area (Å²) in [5, 5.41) is 9.21. The Balaban J connectivity index is 0.00000280. The summed E-state index contributed by atoms with van der Waals surface area (Å²) in [5.41, 5.74) is 2.79. The van der Waals surface area contributed by atoms with Crippen LogP contribution in [0.25, 0.3) is 0 Å². The van der Waals surface area contributed by atoms with Gasteiger partial charge in [0.15, 0.2) is 0 Å². The number of piperidine rings is 1. The highest BCUT2D eigenvalue weighted by molar-refractivity contribution is 6.06. The van der Waals surface area contributed by atoms with Crippen molar-refractivity contribution in [2.24, 2.45) is 5.92 Å². The summed E-state index contributed by atoms with van der Waals surface area (Å²) in [7, 11) is 0. The number of anilines is 2. The van der Waals surface area contributed by atoms with Gasteiger partial charge in [-0.3, -0.25) is 9.59 Å². The molecule has 1 saturated heterocycles. The van der Waals surface area contributed by atoms with E-state index in [-0.39, 0.29) is 24.2 Å². The van der Waals surface area contributed by atoms with Crippen molar-refractivity contribution in [1.29, 1.82) is 0 Å². The van der Waals surface area contributed by atoms with Gasteiger partial charge in [0, 0.05) is 23.4 Å². The van der Waals surface area contributed by atoms with Gasteiger partial charge in [0.05, 0.1) is 0 Å². The van der Waals surface area contributed by atoms with E-state index < -0.39 is 0 Å². The summed E-state index contributed by atoms with van der Waals surface area (Å²) in [6.07, 6.45) is 3.72. The maximum atomic E-state index is 12.6. The van der Waals surface area contributed by atoms with E-state index in [1.54, 1.807) is 12.1 Å². The molecule has 1 heterocycles. The molecule has 28 heavy (non-hydrogen) atoms. The van der Waals surface area contributed by atoms with Crippen LogP contribution < -0.4 is 16.0 Å². The second-order valence-electron chi connectivity index (χ2n) is 7.08. The molecule has 1 aliphatic heterocycles. The van der Waals surface area contributed by atoms with Gasteiger partial charge in [0.2, 0.25) is 5.91 Å². The van der Waals surface area contributed by atoms with Gasteiger partial charge in [-0.05, 0) is 75.0 Å². The van der Waals surface area contributed by atoms with E-state index in [0.29, 0.717) is 23.6 Å². The molecule has 0 atom stereocenters. The lowest BCUT2D eigenvalue weighted by Crippen LogP contribution is -2.28. The molecule has 2 aromatic carbocycles. The van der Waals surface area contributed by atoms with Crippen molar-refractivity contribution in [3.63, 3.8) is 0 Å². The van der Waals surface area contributed by atoms with Crippen LogP contribution >= 0.6 is 12.4 Å². The molecule has 0 radical (unpaired) electrons. The van der Waals surface area contributed by atoms with Gasteiger partial charge in [-0.25, -0.2) is 0 Å². The Morgan fingerprint density at radius 3 is 2.43 bits per heavy atom. The SMILES string of the molecule is Cc1c(NC(=O)CCC2CCNCC2)cccc1C(=O)Nc1ccccc1.Cl. The smallest absolute Gasteiger partial charge is 0.256 e. The Kier molecular flexibility index (Phi) is 8.48. The number of nitrogens with one attached hydrogen (secondary N) is 3. The Bertz CT molecular complexity index is 790. The van der Waals surface area contributed by atoms with Crippen molar-refractivity contribution < 1.29 is 9.59 Å². The van der Waals surface area contributed by atoms with E-state index in [4.69, 9.17) is 0 Å². The summed E-state index contributed by atoms with van der Waals surface area (Å²) in [6, 6.07) is 14.8. The molecule has 6 heteroatoms. The van der Waals surface area contributed by atoms with Crippen LogP contribution in [-0.2, 0) is 4.79 Å². The fourth-order valence-electron chi connectivity index (χ4n) is 3.46. The number of carbonyl (C=O) groups excluding carboxylic acids is 2. The lowest BCUT2D eigenvalue weighted by molar-refractivity contribution is -0.116. The zero-order valence-corrected chi connectivity index (χ0v) is 17.0. The molecular weight excluding hydrogens is 374 g/mol. The van der Waals surface area contributed by atoms with Crippen molar-refractivity contribution in [2.75, 3.05) is 23.7 Å². The minimum absolute atomic E-state index is 0.